The Morgan fingerprint density at radius 3 is 2.35 bits per heavy atom. The maximum Gasteiger partial charge on any atom is 0.256 e. The first kappa shape index (κ1) is 24.3. The minimum absolute atomic E-state index is 0.247. The molecule has 0 spiro atoms. The van der Waals surface area contributed by atoms with Crippen molar-refractivity contribution >= 4 is 50.9 Å². The van der Waals surface area contributed by atoms with Crippen molar-refractivity contribution < 1.29 is 9.53 Å². The number of hydrogen-bond donors (Lipinski definition) is 1. The third-order valence-corrected chi connectivity index (χ3v) is 6.60. The molecule has 1 N–H and O–H groups in total. The van der Waals surface area contributed by atoms with Crippen LogP contribution >= 0.6 is 39.1 Å². The largest absolute Gasteiger partial charge is 0.488 e. The Morgan fingerprint density at radius 1 is 1.00 bits per heavy atom. The van der Waals surface area contributed by atoms with Gasteiger partial charge in [0.1, 0.15) is 12.4 Å². The van der Waals surface area contributed by atoms with Gasteiger partial charge >= 0.3 is 0 Å². The lowest BCUT2D eigenvalue weighted by molar-refractivity contribution is 0.102. The summed E-state index contributed by atoms with van der Waals surface area (Å²) in [4.78, 5) is 12.8. The van der Waals surface area contributed by atoms with E-state index in [4.69, 9.17) is 27.9 Å². The fourth-order valence-electron chi connectivity index (χ4n) is 3.50. The van der Waals surface area contributed by atoms with E-state index >= 15 is 0 Å². The van der Waals surface area contributed by atoms with E-state index in [1.807, 2.05) is 50.2 Å². The molecule has 0 aliphatic heterocycles. The lowest BCUT2D eigenvalue weighted by Gasteiger charge is -2.12. The summed E-state index contributed by atoms with van der Waals surface area (Å²) in [6.07, 6.45) is 1.80. The van der Waals surface area contributed by atoms with Gasteiger partial charge in [-0.15, -0.1) is 0 Å². The van der Waals surface area contributed by atoms with Gasteiger partial charge in [0.2, 0.25) is 0 Å². The molecule has 0 saturated carbocycles. The van der Waals surface area contributed by atoms with Crippen LogP contribution in [0.5, 0.6) is 5.75 Å². The van der Waals surface area contributed by atoms with Crippen LogP contribution in [-0.2, 0) is 13.2 Å². The smallest absolute Gasteiger partial charge is 0.256 e. The van der Waals surface area contributed by atoms with Crippen molar-refractivity contribution in [3.05, 3.63) is 109 Å². The van der Waals surface area contributed by atoms with Crippen LogP contribution in [0.4, 0.5) is 5.82 Å². The Kier molecular flexibility index (Phi) is 7.61. The van der Waals surface area contributed by atoms with Crippen molar-refractivity contribution in [3.8, 4) is 5.75 Å². The van der Waals surface area contributed by atoms with Gasteiger partial charge < -0.3 is 10.1 Å². The molecule has 0 aliphatic rings. The molecule has 3 aromatic carbocycles. The Morgan fingerprint density at radius 2 is 1.68 bits per heavy atom. The molecule has 0 unspecified atom stereocenters. The first-order valence-electron chi connectivity index (χ1n) is 10.6. The summed E-state index contributed by atoms with van der Waals surface area (Å²) >= 11 is 15.5. The molecule has 5 nitrogen and oxygen atoms in total. The molecule has 0 fully saturated rings. The first-order valence-corrected chi connectivity index (χ1v) is 12.1. The highest BCUT2D eigenvalue weighted by Gasteiger charge is 2.13. The Bertz CT molecular complexity index is 1320. The second-order valence-electron chi connectivity index (χ2n) is 7.93. The molecule has 0 saturated heterocycles. The molecule has 8 heteroatoms. The van der Waals surface area contributed by atoms with Crippen molar-refractivity contribution in [2.45, 2.75) is 27.0 Å². The third-order valence-electron chi connectivity index (χ3n) is 5.29. The second kappa shape index (κ2) is 10.6. The monoisotopic (exact) mass is 557 g/mol. The quantitative estimate of drug-likeness (QED) is 0.256. The second-order valence-corrected chi connectivity index (χ2v) is 9.60. The number of aryl methyl sites for hydroxylation is 2. The van der Waals surface area contributed by atoms with E-state index in [0.29, 0.717) is 39.1 Å². The van der Waals surface area contributed by atoms with Crippen LogP contribution in [0.25, 0.3) is 0 Å². The van der Waals surface area contributed by atoms with Gasteiger partial charge in [-0.05, 0) is 76.3 Å². The van der Waals surface area contributed by atoms with Crippen LogP contribution in [0.1, 0.15) is 32.6 Å². The van der Waals surface area contributed by atoms with E-state index in [2.05, 4.69) is 26.3 Å². The molecule has 1 heterocycles. The molecule has 0 bridgehead atoms. The van der Waals surface area contributed by atoms with Crippen LogP contribution in [-0.4, -0.2) is 15.7 Å². The van der Waals surface area contributed by atoms with Gasteiger partial charge in [-0.25, -0.2) is 0 Å². The highest BCUT2D eigenvalue weighted by molar-refractivity contribution is 9.10. The van der Waals surface area contributed by atoms with Crippen LogP contribution in [0, 0.1) is 13.8 Å². The van der Waals surface area contributed by atoms with Crippen LogP contribution in [0.3, 0.4) is 0 Å². The number of carbonyl (C=O) groups excluding carboxylic acids is 1. The number of halogens is 3. The zero-order valence-corrected chi connectivity index (χ0v) is 21.7. The van der Waals surface area contributed by atoms with Crippen molar-refractivity contribution in [3.63, 3.8) is 0 Å². The maximum atomic E-state index is 12.8. The molecule has 0 atom stereocenters. The highest BCUT2D eigenvalue weighted by atomic mass is 79.9. The number of carbonyl (C=O) groups is 1. The summed E-state index contributed by atoms with van der Waals surface area (Å²) in [7, 11) is 0. The number of anilines is 1. The van der Waals surface area contributed by atoms with Gasteiger partial charge in [0.15, 0.2) is 5.82 Å². The van der Waals surface area contributed by atoms with Gasteiger partial charge in [-0.1, -0.05) is 59.6 Å². The summed E-state index contributed by atoms with van der Waals surface area (Å²) < 4.78 is 8.39. The number of ether oxygens (including phenoxy) is 1. The van der Waals surface area contributed by atoms with Crippen molar-refractivity contribution in [1.29, 1.82) is 0 Å². The van der Waals surface area contributed by atoms with E-state index in [1.54, 1.807) is 35.1 Å². The summed E-state index contributed by atoms with van der Waals surface area (Å²) in [6, 6.07) is 18.8. The third kappa shape index (κ3) is 5.81. The minimum atomic E-state index is -0.247. The number of nitrogens with one attached hydrogen (secondary N) is 1. The maximum absolute atomic E-state index is 12.8. The zero-order chi connectivity index (χ0) is 24.2. The van der Waals surface area contributed by atoms with Gasteiger partial charge in [0.05, 0.1) is 21.1 Å². The molecule has 4 rings (SSSR count). The van der Waals surface area contributed by atoms with Gasteiger partial charge in [-0.2, -0.15) is 5.10 Å². The molecule has 4 aromatic rings. The molecule has 174 valence electrons. The number of aromatic nitrogens is 2. The number of amides is 1. The summed E-state index contributed by atoms with van der Waals surface area (Å²) in [5, 5.41) is 8.30. The molecule has 1 aromatic heterocycles. The number of benzene rings is 3. The first-order chi connectivity index (χ1) is 16.3. The van der Waals surface area contributed by atoms with E-state index in [1.165, 1.54) is 0 Å². The van der Waals surface area contributed by atoms with Gasteiger partial charge in [0, 0.05) is 11.8 Å². The van der Waals surface area contributed by atoms with Gasteiger partial charge in [0.25, 0.3) is 5.91 Å². The molecule has 1 amide bonds. The fraction of sp³-hybridized carbons (Fsp3) is 0.154. The van der Waals surface area contributed by atoms with E-state index in [-0.39, 0.29) is 5.91 Å². The average molecular weight is 559 g/mol. The molecule has 0 radical (unpaired) electrons. The summed E-state index contributed by atoms with van der Waals surface area (Å²) in [6.45, 7) is 4.97. The normalized spacial score (nSPS) is 10.9. The fourth-order valence-corrected chi connectivity index (χ4v) is 4.24. The molecule has 34 heavy (non-hydrogen) atoms. The number of rotatable bonds is 7. The SMILES string of the molecule is Cc1cccc(C)c1OCc1ccc(C(=O)Nc2nn(Cc3ccc(Cl)c(Cl)c3)cc2Br)cc1. The number of para-hydroxylation sites is 1. The lowest BCUT2D eigenvalue weighted by atomic mass is 10.1. The Hall–Kier alpha value is -2.80. The predicted octanol–water partition coefficient (Wildman–Crippen LogP) is 7.45. The van der Waals surface area contributed by atoms with Crippen molar-refractivity contribution in [1.82, 2.24) is 9.78 Å². The van der Waals surface area contributed by atoms with E-state index < -0.39 is 0 Å². The van der Waals surface area contributed by atoms with Gasteiger partial charge in [-0.3, -0.25) is 9.48 Å². The van der Waals surface area contributed by atoms with Crippen molar-refractivity contribution in [2.24, 2.45) is 0 Å². The number of nitrogens with zero attached hydrogens (tertiary/aromatic N) is 2. The van der Waals surface area contributed by atoms with Crippen LogP contribution in [0.15, 0.2) is 71.3 Å². The minimum Gasteiger partial charge on any atom is -0.488 e. The summed E-state index contributed by atoms with van der Waals surface area (Å²) in [5.74, 6) is 1.08. The topological polar surface area (TPSA) is 56.1 Å². The molecular weight excluding hydrogens is 537 g/mol. The van der Waals surface area contributed by atoms with Crippen LogP contribution in [0.2, 0.25) is 10.0 Å². The van der Waals surface area contributed by atoms with Crippen molar-refractivity contribution in [2.75, 3.05) is 5.32 Å². The molecular formula is C26H22BrCl2N3O2. The molecule has 0 aliphatic carbocycles. The Balaban J connectivity index is 1.38. The van der Waals surface area contributed by atoms with Crippen LogP contribution < -0.4 is 10.1 Å². The standard InChI is InChI=1S/C26H22BrCl2N3O2/c1-16-4-3-5-17(2)24(16)34-15-18-6-9-20(10-7-18)26(33)30-25-21(27)14-32(31-25)13-19-8-11-22(28)23(29)12-19/h3-12,14H,13,15H2,1-2H3,(H,30,31,33). The average Bonchev–Trinajstić information content (AvgIpc) is 3.14. The predicted molar refractivity (Wildman–Crippen MR) is 140 cm³/mol. The highest BCUT2D eigenvalue weighted by Crippen LogP contribution is 2.26. The number of hydrogen-bond acceptors (Lipinski definition) is 3. The summed E-state index contributed by atoms with van der Waals surface area (Å²) in [5.41, 5.74) is 4.65. The van der Waals surface area contributed by atoms with E-state index in [9.17, 15) is 4.79 Å². The lowest BCUT2D eigenvalue weighted by Crippen LogP contribution is -2.13. The zero-order valence-electron chi connectivity index (χ0n) is 18.6. The van der Waals surface area contributed by atoms with E-state index in [0.717, 1.165) is 28.0 Å². The Labute approximate surface area is 216 Å².